The van der Waals surface area contributed by atoms with E-state index in [2.05, 4.69) is 10.0 Å². The molecule has 1 aliphatic rings. The Kier molecular flexibility index (Phi) is 6.01. The van der Waals surface area contributed by atoms with E-state index in [1.165, 1.54) is 12.1 Å². The van der Waals surface area contributed by atoms with Gasteiger partial charge in [0.15, 0.2) is 0 Å². The second-order valence-electron chi connectivity index (χ2n) is 4.24. The number of halogens is 3. The molecule has 0 unspecified atom stereocenters. The molecule has 8 heteroatoms. The Morgan fingerprint density at radius 3 is 2.74 bits per heavy atom. The highest BCUT2D eigenvalue weighted by atomic mass is 35.5. The minimum atomic E-state index is -3.83. The zero-order valence-electron chi connectivity index (χ0n) is 10.0. The first kappa shape index (κ1) is 16.7. The molecule has 2 rings (SSSR count). The van der Waals surface area contributed by atoms with Gasteiger partial charge in [0.05, 0.1) is 0 Å². The summed E-state index contributed by atoms with van der Waals surface area (Å²) in [6, 6.07) is 3.34. The topological polar surface area (TPSA) is 58.2 Å². The second-order valence-corrected chi connectivity index (χ2v) is 6.36. The minimum absolute atomic E-state index is 0. The molecule has 108 valence electrons. The Bertz CT molecular complexity index is 533. The van der Waals surface area contributed by atoms with E-state index in [1.807, 2.05) is 0 Å². The Morgan fingerprint density at radius 2 is 2.16 bits per heavy atom. The Morgan fingerprint density at radius 1 is 1.42 bits per heavy atom. The third-order valence-electron chi connectivity index (χ3n) is 2.80. The number of benzene rings is 1. The van der Waals surface area contributed by atoms with E-state index < -0.39 is 15.8 Å². The van der Waals surface area contributed by atoms with Gasteiger partial charge < -0.3 is 5.32 Å². The molecule has 1 fully saturated rings. The van der Waals surface area contributed by atoms with Crippen LogP contribution < -0.4 is 10.0 Å². The average molecular weight is 329 g/mol. The van der Waals surface area contributed by atoms with Crippen molar-refractivity contribution in [1.82, 2.24) is 10.0 Å². The van der Waals surface area contributed by atoms with Gasteiger partial charge in [0.25, 0.3) is 0 Å². The highest BCUT2D eigenvalue weighted by molar-refractivity contribution is 7.89. The van der Waals surface area contributed by atoms with Crippen LogP contribution in [0.5, 0.6) is 0 Å². The van der Waals surface area contributed by atoms with Gasteiger partial charge in [0.1, 0.15) is 10.7 Å². The molecule has 2 N–H and O–H groups in total. The zero-order chi connectivity index (χ0) is 13.2. The fraction of sp³-hybridized carbons (Fsp3) is 0.455. The summed E-state index contributed by atoms with van der Waals surface area (Å²) in [7, 11) is -3.83. The van der Waals surface area contributed by atoms with Crippen molar-refractivity contribution in [2.45, 2.75) is 23.8 Å². The fourth-order valence-electron chi connectivity index (χ4n) is 1.93. The van der Waals surface area contributed by atoms with E-state index >= 15 is 0 Å². The maximum absolute atomic E-state index is 13.6. The Labute approximate surface area is 123 Å². The van der Waals surface area contributed by atoms with Gasteiger partial charge in [-0.15, -0.1) is 12.4 Å². The zero-order valence-corrected chi connectivity index (χ0v) is 12.4. The van der Waals surface area contributed by atoms with Gasteiger partial charge in [0, 0.05) is 17.6 Å². The average Bonchev–Trinajstić information content (AvgIpc) is 2.29. The van der Waals surface area contributed by atoms with Gasteiger partial charge in [0.2, 0.25) is 10.0 Å². The van der Waals surface area contributed by atoms with Gasteiger partial charge in [-0.1, -0.05) is 11.6 Å². The van der Waals surface area contributed by atoms with Crippen LogP contribution >= 0.6 is 24.0 Å². The van der Waals surface area contributed by atoms with Crippen LogP contribution in [0.1, 0.15) is 12.8 Å². The Balaban J connectivity index is 0.00000180. The standard InChI is InChI=1S/C11H14ClFN2O2S.ClH/c12-8-3-4-11(10(13)6-8)18(16,17)15-9-2-1-5-14-7-9;/h3-4,6,9,14-15H,1-2,5,7H2;1H/t9-;/m0./s1. The monoisotopic (exact) mass is 328 g/mol. The molecule has 0 aromatic heterocycles. The van der Waals surface area contributed by atoms with Crippen molar-refractivity contribution in [1.29, 1.82) is 0 Å². The highest BCUT2D eigenvalue weighted by Crippen LogP contribution is 2.19. The quantitative estimate of drug-likeness (QED) is 0.891. The van der Waals surface area contributed by atoms with Crippen molar-refractivity contribution in [3.05, 3.63) is 29.0 Å². The Hall–Kier alpha value is -0.400. The summed E-state index contributed by atoms with van der Waals surface area (Å²) in [5.74, 6) is -0.834. The molecule has 4 nitrogen and oxygen atoms in total. The smallest absolute Gasteiger partial charge is 0.243 e. The lowest BCUT2D eigenvalue weighted by molar-refractivity contribution is 0.427. The lowest BCUT2D eigenvalue weighted by atomic mass is 10.1. The molecule has 1 heterocycles. The van der Waals surface area contributed by atoms with Crippen LogP contribution in [0.2, 0.25) is 5.02 Å². The maximum Gasteiger partial charge on any atom is 0.243 e. The van der Waals surface area contributed by atoms with Crippen molar-refractivity contribution >= 4 is 34.0 Å². The van der Waals surface area contributed by atoms with Crippen molar-refractivity contribution in [3.8, 4) is 0 Å². The molecule has 0 amide bonds. The van der Waals surface area contributed by atoms with Gasteiger partial charge in [-0.3, -0.25) is 0 Å². The molecule has 1 aromatic rings. The first-order chi connectivity index (χ1) is 8.49. The van der Waals surface area contributed by atoms with Crippen LogP contribution in [0.15, 0.2) is 23.1 Å². The normalized spacial score (nSPS) is 19.8. The van der Waals surface area contributed by atoms with Crippen molar-refractivity contribution in [3.63, 3.8) is 0 Å². The molecule has 0 saturated carbocycles. The van der Waals surface area contributed by atoms with Crippen molar-refractivity contribution in [2.24, 2.45) is 0 Å². The van der Waals surface area contributed by atoms with Gasteiger partial charge in [-0.2, -0.15) is 0 Å². The number of hydrogen-bond donors (Lipinski definition) is 2. The summed E-state index contributed by atoms with van der Waals surface area (Å²) in [6.45, 7) is 1.45. The first-order valence-electron chi connectivity index (χ1n) is 5.67. The van der Waals surface area contributed by atoms with E-state index in [0.29, 0.717) is 6.54 Å². The van der Waals surface area contributed by atoms with Crippen LogP contribution in [0.4, 0.5) is 4.39 Å². The van der Waals surface area contributed by atoms with Gasteiger partial charge in [-0.05, 0) is 37.6 Å². The second kappa shape index (κ2) is 6.85. The maximum atomic E-state index is 13.6. The lowest BCUT2D eigenvalue weighted by Crippen LogP contribution is -2.45. The summed E-state index contributed by atoms with van der Waals surface area (Å²) in [5.41, 5.74) is 0. The molecule has 0 radical (unpaired) electrons. The molecule has 0 aliphatic carbocycles. The molecule has 19 heavy (non-hydrogen) atoms. The summed E-state index contributed by atoms with van der Waals surface area (Å²) in [4.78, 5) is -0.363. The third kappa shape index (κ3) is 4.29. The molecular formula is C11H15Cl2FN2O2S. The fourth-order valence-corrected chi connectivity index (χ4v) is 3.42. The van der Waals surface area contributed by atoms with Crippen LogP contribution in [0.25, 0.3) is 0 Å². The predicted molar refractivity (Wildman–Crippen MR) is 74.9 cm³/mol. The number of hydrogen-bond acceptors (Lipinski definition) is 3. The molecule has 0 bridgehead atoms. The third-order valence-corrected chi connectivity index (χ3v) is 4.59. The van der Waals surface area contributed by atoms with Crippen molar-refractivity contribution in [2.75, 3.05) is 13.1 Å². The van der Waals surface area contributed by atoms with Crippen molar-refractivity contribution < 1.29 is 12.8 Å². The minimum Gasteiger partial charge on any atom is -0.315 e. The molecule has 1 atom stereocenters. The number of sulfonamides is 1. The largest absolute Gasteiger partial charge is 0.315 e. The molecular weight excluding hydrogens is 314 g/mol. The molecule has 0 spiro atoms. The summed E-state index contributed by atoms with van der Waals surface area (Å²) in [6.07, 6.45) is 1.65. The molecule has 1 saturated heterocycles. The highest BCUT2D eigenvalue weighted by Gasteiger charge is 2.24. The van der Waals surface area contributed by atoms with E-state index in [4.69, 9.17) is 11.6 Å². The van der Waals surface area contributed by atoms with E-state index in [-0.39, 0.29) is 28.4 Å². The lowest BCUT2D eigenvalue weighted by Gasteiger charge is -2.23. The summed E-state index contributed by atoms with van der Waals surface area (Å²) >= 11 is 5.59. The van der Waals surface area contributed by atoms with Gasteiger partial charge >= 0.3 is 0 Å². The number of rotatable bonds is 3. The number of piperidine rings is 1. The van der Waals surface area contributed by atoms with Crippen LogP contribution in [0, 0.1) is 5.82 Å². The summed E-state index contributed by atoms with van der Waals surface area (Å²) < 4.78 is 40.1. The van der Waals surface area contributed by atoms with E-state index in [0.717, 1.165) is 25.5 Å². The first-order valence-corrected chi connectivity index (χ1v) is 7.53. The molecule has 1 aromatic carbocycles. The van der Waals surface area contributed by atoms with Crippen LogP contribution in [-0.4, -0.2) is 27.5 Å². The van der Waals surface area contributed by atoms with Crippen LogP contribution in [-0.2, 0) is 10.0 Å². The molecule has 1 aliphatic heterocycles. The van der Waals surface area contributed by atoms with Gasteiger partial charge in [-0.25, -0.2) is 17.5 Å². The van der Waals surface area contributed by atoms with E-state index in [9.17, 15) is 12.8 Å². The van der Waals surface area contributed by atoms with E-state index in [1.54, 1.807) is 0 Å². The van der Waals surface area contributed by atoms with Crippen LogP contribution in [0.3, 0.4) is 0 Å². The summed E-state index contributed by atoms with van der Waals surface area (Å²) in [5, 5.41) is 3.26. The predicted octanol–water partition coefficient (Wildman–Crippen LogP) is 1.93. The SMILES string of the molecule is Cl.O=S(=O)(N[C@H]1CCCNC1)c1ccc(Cl)cc1F. The number of nitrogens with one attached hydrogen (secondary N) is 2.